The van der Waals surface area contributed by atoms with Crippen molar-refractivity contribution in [2.75, 3.05) is 17.9 Å². The van der Waals surface area contributed by atoms with Gasteiger partial charge in [-0.2, -0.15) is 0 Å². The molecule has 208 valence electrons. The SMILES string of the molecule is Cc1ccc(CN(C(=O)CSc2nc(C)cc(C)n2)C(C(=O)Nc2ccc3c(c2)OCO3)C2CC=CCC2)cc1. The molecule has 0 radical (unpaired) electrons. The maximum atomic E-state index is 14.0. The second-order valence-electron chi connectivity index (χ2n) is 10.3. The van der Waals surface area contributed by atoms with Crippen LogP contribution in [0.4, 0.5) is 5.69 Å². The van der Waals surface area contributed by atoms with E-state index in [2.05, 4.69) is 27.4 Å². The molecule has 5 rings (SSSR count). The molecule has 0 saturated carbocycles. The van der Waals surface area contributed by atoms with E-state index in [1.807, 2.05) is 51.1 Å². The summed E-state index contributed by atoms with van der Waals surface area (Å²) in [7, 11) is 0. The quantitative estimate of drug-likeness (QED) is 0.207. The van der Waals surface area contributed by atoms with Gasteiger partial charge in [0.15, 0.2) is 16.7 Å². The molecule has 9 heteroatoms. The summed E-state index contributed by atoms with van der Waals surface area (Å²) < 4.78 is 10.9. The first-order chi connectivity index (χ1) is 19.4. The topological polar surface area (TPSA) is 93.7 Å². The fraction of sp³-hybridized carbons (Fsp3) is 0.355. The molecule has 1 aliphatic carbocycles. The van der Waals surface area contributed by atoms with Crippen LogP contribution in [0.3, 0.4) is 0 Å². The number of hydrogen-bond acceptors (Lipinski definition) is 7. The Kier molecular flexibility index (Phi) is 8.69. The minimum Gasteiger partial charge on any atom is -0.454 e. The average Bonchev–Trinajstić information content (AvgIpc) is 3.41. The van der Waals surface area contributed by atoms with Crippen LogP contribution in [-0.2, 0) is 16.1 Å². The van der Waals surface area contributed by atoms with E-state index in [-0.39, 0.29) is 30.3 Å². The lowest BCUT2D eigenvalue weighted by atomic mass is 9.86. The third kappa shape index (κ3) is 6.83. The summed E-state index contributed by atoms with van der Waals surface area (Å²) >= 11 is 1.30. The highest BCUT2D eigenvalue weighted by Crippen LogP contribution is 2.35. The largest absolute Gasteiger partial charge is 0.454 e. The highest BCUT2D eigenvalue weighted by atomic mass is 32.2. The molecule has 2 heterocycles. The molecule has 2 aromatic carbocycles. The third-order valence-corrected chi connectivity index (χ3v) is 7.91. The Morgan fingerprint density at radius 1 is 1.00 bits per heavy atom. The summed E-state index contributed by atoms with van der Waals surface area (Å²) in [5.41, 5.74) is 4.42. The van der Waals surface area contributed by atoms with Gasteiger partial charge in [-0.3, -0.25) is 9.59 Å². The summed E-state index contributed by atoms with van der Waals surface area (Å²) in [4.78, 5) is 38.7. The van der Waals surface area contributed by atoms with Crippen molar-refractivity contribution in [3.05, 3.63) is 83.2 Å². The Morgan fingerprint density at radius 2 is 1.75 bits per heavy atom. The molecule has 1 aromatic heterocycles. The lowest BCUT2D eigenvalue weighted by molar-refractivity contribution is -0.139. The van der Waals surface area contributed by atoms with E-state index in [1.54, 1.807) is 23.1 Å². The number of benzene rings is 2. The summed E-state index contributed by atoms with van der Waals surface area (Å²) in [6.07, 6.45) is 6.67. The normalized spacial score (nSPS) is 16.4. The lowest BCUT2D eigenvalue weighted by Crippen LogP contribution is -2.51. The van der Waals surface area contributed by atoms with Gasteiger partial charge in [0.1, 0.15) is 6.04 Å². The van der Waals surface area contributed by atoms with Gasteiger partial charge >= 0.3 is 0 Å². The Bertz CT molecular complexity index is 1390. The molecule has 2 unspecified atom stereocenters. The van der Waals surface area contributed by atoms with Crippen LogP contribution in [0.2, 0.25) is 0 Å². The molecule has 0 bridgehead atoms. The van der Waals surface area contributed by atoms with Gasteiger partial charge in [0, 0.05) is 29.7 Å². The van der Waals surface area contributed by atoms with Crippen molar-refractivity contribution in [3.8, 4) is 11.5 Å². The predicted octanol–water partition coefficient (Wildman–Crippen LogP) is 5.62. The van der Waals surface area contributed by atoms with Crippen molar-refractivity contribution in [2.24, 2.45) is 5.92 Å². The van der Waals surface area contributed by atoms with E-state index < -0.39 is 6.04 Å². The van der Waals surface area contributed by atoms with Crippen LogP contribution in [0, 0.1) is 26.7 Å². The zero-order valence-electron chi connectivity index (χ0n) is 23.1. The third-order valence-electron chi connectivity index (χ3n) is 7.08. The number of amides is 2. The fourth-order valence-corrected chi connectivity index (χ4v) is 5.94. The first kappa shape index (κ1) is 27.7. The Morgan fingerprint density at radius 3 is 2.48 bits per heavy atom. The van der Waals surface area contributed by atoms with Gasteiger partial charge < -0.3 is 19.7 Å². The van der Waals surface area contributed by atoms with Gasteiger partial charge in [0.05, 0.1) is 5.75 Å². The Balaban J connectivity index is 1.44. The first-order valence-corrected chi connectivity index (χ1v) is 14.5. The number of carbonyl (C=O) groups excluding carboxylic acids is 2. The van der Waals surface area contributed by atoms with E-state index in [0.717, 1.165) is 41.8 Å². The second kappa shape index (κ2) is 12.6. The number of nitrogens with one attached hydrogen (secondary N) is 1. The van der Waals surface area contributed by atoms with E-state index in [4.69, 9.17) is 9.47 Å². The predicted molar refractivity (Wildman–Crippen MR) is 155 cm³/mol. The van der Waals surface area contributed by atoms with E-state index in [0.29, 0.717) is 28.9 Å². The molecule has 3 aromatic rings. The number of nitrogens with zero attached hydrogens (tertiary/aromatic N) is 3. The maximum Gasteiger partial charge on any atom is 0.247 e. The highest BCUT2D eigenvalue weighted by Gasteiger charge is 2.37. The van der Waals surface area contributed by atoms with Crippen LogP contribution in [0.15, 0.2) is 65.8 Å². The van der Waals surface area contributed by atoms with Crippen LogP contribution in [0.25, 0.3) is 0 Å². The number of carbonyl (C=O) groups is 2. The second-order valence-corrected chi connectivity index (χ2v) is 11.2. The smallest absolute Gasteiger partial charge is 0.247 e. The summed E-state index contributed by atoms with van der Waals surface area (Å²) in [6.45, 7) is 6.34. The zero-order valence-corrected chi connectivity index (χ0v) is 23.9. The summed E-state index contributed by atoms with van der Waals surface area (Å²) in [5, 5.41) is 3.62. The number of anilines is 1. The van der Waals surface area contributed by atoms with Crippen molar-refractivity contribution in [3.63, 3.8) is 0 Å². The molecular formula is C31H34N4O4S. The van der Waals surface area contributed by atoms with Gasteiger partial charge in [-0.1, -0.05) is 53.7 Å². The van der Waals surface area contributed by atoms with Crippen LogP contribution >= 0.6 is 11.8 Å². The Hall–Kier alpha value is -3.85. The standard InChI is InChI=1S/C31H34N4O4S/c1-20-9-11-23(12-10-20)17-35(28(36)18-40-31-32-21(2)15-22(3)33-31)29(24-7-5-4-6-8-24)30(37)34-25-13-14-26-27(16-25)39-19-38-26/h4-5,9-16,24,29H,6-8,17-19H2,1-3H3,(H,34,37). The molecule has 2 aliphatic rings. The minimum atomic E-state index is -0.662. The van der Waals surface area contributed by atoms with E-state index in [1.165, 1.54) is 11.8 Å². The number of thioether (sulfide) groups is 1. The molecule has 0 spiro atoms. The minimum absolute atomic E-state index is 0.0177. The number of aromatic nitrogens is 2. The van der Waals surface area contributed by atoms with Gasteiger partial charge in [-0.05, 0) is 69.7 Å². The van der Waals surface area contributed by atoms with Crippen LogP contribution in [0.1, 0.15) is 41.8 Å². The van der Waals surface area contributed by atoms with E-state index >= 15 is 0 Å². The first-order valence-electron chi connectivity index (χ1n) is 13.5. The number of rotatable bonds is 9. The van der Waals surface area contributed by atoms with Crippen molar-refractivity contribution in [1.82, 2.24) is 14.9 Å². The van der Waals surface area contributed by atoms with E-state index in [9.17, 15) is 9.59 Å². The van der Waals surface area contributed by atoms with Crippen molar-refractivity contribution >= 4 is 29.3 Å². The van der Waals surface area contributed by atoms with Crippen molar-refractivity contribution in [1.29, 1.82) is 0 Å². The molecule has 8 nitrogen and oxygen atoms in total. The van der Waals surface area contributed by atoms with Crippen LogP contribution in [-0.4, -0.2) is 45.3 Å². The van der Waals surface area contributed by atoms with Gasteiger partial charge in [0.25, 0.3) is 0 Å². The van der Waals surface area contributed by atoms with Crippen molar-refractivity contribution < 1.29 is 19.1 Å². The van der Waals surface area contributed by atoms with Crippen LogP contribution < -0.4 is 14.8 Å². The molecule has 1 N–H and O–H groups in total. The average molecular weight is 559 g/mol. The van der Waals surface area contributed by atoms with Gasteiger partial charge in [-0.25, -0.2) is 9.97 Å². The molecule has 40 heavy (non-hydrogen) atoms. The monoisotopic (exact) mass is 558 g/mol. The van der Waals surface area contributed by atoms with Crippen molar-refractivity contribution in [2.45, 2.75) is 57.8 Å². The molecular weight excluding hydrogens is 524 g/mol. The van der Waals surface area contributed by atoms with Crippen LogP contribution in [0.5, 0.6) is 11.5 Å². The lowest BCUT2D eigenvalue weighted by Gasteiger charge is -2.37. The molecule has 2 atom stereocenters. The molecule has 2 amide bonds. The highest BCUT2D eigenvalue weighted by molar-refractivity contribution is 7.99. The van der Waals surface area contributed by atoms with Gasteiger partial charge in [-0.15, -0.1) is 0 Å². The maximum absolute atomic E-state index is 14.0. The zero-order chi connectivity index (χ0) is 28.1. The number of allylic oxidation sites excluding steroid dienone is 2. The molecule has 1 aliphatic heterocycles. The number of ether oxygens (including phenoxy) is 2. The number of fused-ring (bicyclic) bond motifs is 1. The fourth-order valence-electron chi connectivity index (χ4n) is 5.10. The number of aryl methyl sites for hydroxylation is 3. The molecule has 0 fully saturated rings. The Labute approximate surface area is 239 Å². The summed E-state index contributed by atoms with van der Waals surface area (Å²) in [6, 6.07) is 14.7. The van der Waals surface area contributed by atoms with Gasteiger partial charge in [0.2, 0.25) is 18.6 Å². The number of hydrogen-bond donors (Lipinski definition) is 1. The summed E-state index contributed by atoms with van der Waals surface area (Å²) in [5.74, 6) is 1.00. The molecule has 0 saturated heterocycles.